The fraction of sp³-hybridized carbons (Fsp3) is 0.235. The van der Waals surface area contributed by atoms with Crippen LogP contribution in [0.25, 0.3) is 0 Å². The van der Waals surface area contributed by atoms with Gasteiger partial charge < -0.3 is 4.74 Å². The van der Waals surface area contributed by atoms with Gasteiger partial charge in [0.05, 0.1) is 22.4 Å². The molecule has 0 radical (unpaired) electrons. The molecule has 0 saturated heterocycles. The van der Waals surface area contributed by atoms with E-state index in [-0.39, 0.29) is 23.0 Å². The summed E-state index contributed by atoms with van der Waals surface area (Å²) >= 11 is 0. The van der Waals surface area contributed by atoms with E-state index in [1.54, 1.807) is 19.1 Å². The number of nitro benzene ring substituents is 1. The summed E-state index contributed by atoms with van der Waals surface area (Å²) in [5, 5.41) is 10.6. The van der Waals surface area contributed by atoms with Crippen molar-refractivity contribution in [2.75, 3.05) is 10.6 Å². The number of carbonyl (C=O) groups excluding carboxylic acids is 1. The molecule has 0 aliphatic carbocycles. The lowest BCUT2D eigenvalue weighted by atomic mass is 10.1. The quantitative estimate of drug-likeness (QED) is 0.351. The SMILES string of the molecule is CC1Cc2cc(C(=O)Oc3ccc([N+](=O)[O-])cc3)ccc2N1S(C)(=O)=O. The van der Waals surface area contributed by atoms with Crippen LogP contribution in [0.4, 0.5) is 11.4 Å². The van der Waals surface area contributed by atoms with Crippen LogP contribution in [0.5, 0.6) is 5.75 Å². The second kappa shape index (κ2) is 6.41. The van der Waals surface area contributed by atoms with Crippen LogP contribution >= 0.6 is 0 Å². The number of anilines is 1. The van der Waals surface area contributed by atoms with Crippen LogP contribution in [0.1, 0.15) is 22.8 Å². The number of hydrogen-bond acceptors (Lipinski definition) is 6. The Bertz CT molecular complexity index is 985. The summed E-state index contributed by atoms with van der Waals surface area (Å²) in [6.07, 6.45) is 1.65. The lowest BCUT2D eigenvalue weighted by Crippen LogP contribution is -2.34. The molecule has 0 N–H and O–H groups in total. The highest BCUT2D eigenvalue weighted by Gasteiger charge is 2.32. The van der Waals surface area contributed by atoms with Crippen LogP contribution in [0.3, 0.4) is 0 Å². The zero-order valence-electron chi connectivity index (χ0n) is 14.1. The lowest BCUT2D eigenvalue weighted by Gasteiger charge is -2.21. The maximum Gasteiger partial charge on any atom is 0.343 e. The molecular formula is C17H16N2O6S. The summed E-state index contributed by atoms with van der Waals surface area (Å²) in [5.41, 5.74) is 1.50. The molecule has 136 valence electrons. The monoisotopic (exact) mass is 376 g/mol. The van der Waals surface area contributed by atoms with Crippen LogP contribution in [0.2, 0.25) is 0 Å². The van der Waals surface area contributed by atoms with Crippen molar-refractivity contribution < 1.29 is 22.9 Å². The largest absolute Gasteiger partial charge is 0.423 e. The predicted octanol–water partition coefficient (Wildman–Crippen LogP) is 2.52. The van der Waals surface area contributed by atoms with Crippen molar-refractivity contribution in [3.8, 4) is 5.75 Å². The summed E-state index contributed by atoms with van der Waals surface area (Å²) in [4.78, 5) is 22.4. The van der Waals surface area contributed by atoms with Crippen LogP contribution in [-0.2, 0) is 16.4 Å². The third-order valence-electron chi connectivity index (χ3n) is 4.08. The highest BCUT2D eigenvalue weighted by Crippen LogP contribution is 2.34. The second-order valence-electron chi connectivity index (χ2n) is 6.10. The molecular weight excluding hydrogens is 360 g/mol. The van der Waals surface area contributed by atoms with E-state index in [1.165, 1.54) is 34.6 Å². The molecule has 1 heterocycles. The van der Waals surface area contributed by atoms with Crippen molar-refractivity contribution >= 4 is 27.4 Å². The van der Waals surface area contributed by atoms with Gasteiger partial charge in [0.15, 0.2) is 0 Å². The Morgan fingerprint density at radius 3 is 2.46 bits per heavy atom. The van der Waals surface area contributed by atoms with E-state index in [9.17, 15) is 23.3 Å². The normalized spacial score (nSPS) is 16.2. The molecule has 0 bridgehead atoms. The summed E-state index contributed by atoms with van der Waals surface area (Å²) in [7, 11) is -3.40. The van der Waals surface area contributed by atoms with Crippen molar-refractivity contribution in [2.45, 2.75) is 19.4 Å². The number of carbonyl (C=O) groups is 1. The summed E-state index contributed by atoms with van der Waals surface area (Å²) in [6, 6.07) is 9.67. The van der Waals surface area contributed by atoms with Crippen molar-refractivity contribution in [1.29, 1.82) is 0 Å². The number of nitrogens with zero attached hydrogens (tertiary/aromatic N) is 2. The van der Waals surface area contributed by atoms with E-state index < -0.39 is 20.9 Å². The van der Waals surface area contributed by atoms with Gasteiger partial charge in [-0.25, -0.2) is 13.2 Å². The highest BCUT2D eigenvalue weighted by atomic mass is 32.2. The van der Waals surface area contributed by atoms with Gasteiger partial charge in [-0.1, -0.05) is 0 Å². The molecule has 0 spiro atoms. The Hall–Kier alpha value is -2.94. The molecule has 1 unspecified atom stereocenters. The minimum Gasteiger partial charge on any atom is -0.423 e. The summed E-state index contributed by atoms with van der Waals surface area (Å²) < 4.78 is 30.4. The van der Waals surface area contributed by atoms with E-state index in [1.807, 2.05) is 0 Å². The molecule has 1 atom stereocenters. The van der Waals surface area contributed by atoms with Crippen LogP contribution in [0, 0.1) is 10.1 Å². The van der Waals surface area contributed by atoms with E-state index in [2.05, 4.69) is 0 Å². The van der Waals surface area contributed by atoms with E-state index in [4.69, 9.17) is 4.74 Å². The Morgan fingerprint density at radius 2 is 1.88 bits per heavy atom. The minimum atomic E-state index is -3.40. The van der Waals surface area contributed by atoms with Crippen molar-refractivity contribution in [1.82, 2.24) is 0 Å². The maximum atomic E-state index is 12.3. The molecule has 8 nitrogen and oxygen atoms in total. The molecule has 26 heavy (non-hydrogen) atoms. The Morgan fingerprint density at radius 1 is 1.23 bits per heavy atom. The first-order chi connectivity index (χ1) is 12.2. The second-order valence-corrected chi connectivity index (χ2v) is 7.96. The highest BCUT2D eigenvalue weighted by molar-refractivity contribution is 7.92. The van der Waals surface area contributed by atoms with Gasteiger partial charge in [0, 0.05) is 18.2 Å². The minimum absolute atomic E-state index is 0.0998. The number of benzene rings is 2. The maximum absolute atomic E-state index is 12.3. The van der Waals surface area contributed by atoms with Gasteiger partial charge in [-0.15, -0.1) is 0 Å². The summed E-state index contributed by atoms with van der Waals surface area (Å²) in [6.45, 7) is 1.80. The van der Waals surface area contributed by atoms with E-state index >= 15 is 0 Å². The molecule has 9 heteroatoms. The number of non-ortho nitro benzene ring substituents is 1. The van der Waals surface area contributed by atoms with Crippen LogP contribution < -0.4 is 9.04 Å². The molecule has 0 fully saturated rings. The first kappa shape index (κ1) is 17.9. The topological polar surface area (TPSA) is 107 Å². The van der Waals surface area contributed by atoms with Crippen molar-refractivity contribution in [3.63, 3.8) is 0 Å². The Kier molecular flexibility index (Phi) is 4.41. The fourth-order valence-corrected chi connectivity index (χ4v) is 4.30. The van der Waals surface area contributed by atoms with Gasteiger partial charge in [0.2, 0.25) is 10.0 Å². The molecule has 2 aromatic rings. The molecule has 0 amide bonds. The zero-order chi connectivity index (χ0) is 19.1. The number of ether oxygens (including phenoxy) is 1. The molecule has 1 aliphatic rings. The van der Waals surface area contributed by atoms with Gasteiger partial charge in [-0.2, -0.15) is 0 Å². The number of nitro groups is 1. The summed E-state index contributed by atoms with van der Waals surface area (Å²) in [5.74, 6) is -0.431. The third kappa shape index (κ3) is 3.38. The van der Waals surface area contributed by atoms with Gasteiger partial charge in [0.1, 0.15) is 5.75 Å². The predicted molar refractivity (Wildman–Crippen MR) is 95.0 cm³/mol. The smallest absolute Gasteiger partial charge is 0.343 e. The van der Waals surface area contributed by atoms with Gasteiger partial charge in [0.25, 0.3) is 5.69 Å². The zero-order valence-corrected chi connectivity index (χ0v) is 14.9. The molecule has 0 saturated carbocycles. The van der Waals surface area contributed by atoms with Crippen molar-refractivity contribution in [3.05, 3.63) is 63.7 Å². The van der Waals surface area contributed by atoms with Crippen LogP contribution in [0.15, 0.2) is 42.5 Å². The average molecular weight is 376 g/mol. The number of hydrogen-bond donors (Lipinski definition) is 0. The first-order valence-corrected chi connectivity index (χ1v) is 9.60. The molecule has 0 aromatic heterocycles. The molecule has 3 rings (SSSR count). The first-order valence-electron chi connectivity index (χ1n) is 7.76. The average Bonchev–Trinajstić information content (AvgIpc) is 2.90. The lowest BCUT2D eigenvalue weighted by molar-refractivity contribution is -0.384. The van der Waals surface area contributed by atoms with Gasteiger partial charge in [-0.3, -0.25) is 14.4 Å². The number of rotatable bonds is 4. The standard InChI is InChI=1S/C17H16N2O6S/c1-11-9-13-10-12(3-8-16(13)18(11)26(2,23)24)17(20)25-15-6-4-14(5-7-15)19(21)22/h3-8,10-11H,9H2,1-2H3. The van der Waals surface area contributed by atoms with Crippen molar-refractivity contribution in [2.24, 2.45) is 0 Å². The van der Waals surface area contributed by atoms with Gasteiger partial charge >= 0.3 is 5.97 Å². The van der Waals surface area contributed by atoms with Gasteiger partial charge in [-0.05, 0) is 49.2 Å². The number of sulfonamides is 1. The molecule has 2 aromatic carbocycles. The third-order valence-corrected chi connectivity index (χ3v) is 5.35. The van der Waals surface area contributed by atoms with E-state index in [0.717, 1.165) is 11.8 Å². The Labute approximate surface area is 150 Å². The number of fused-ring (bicyclic) bond motifs is 1. The fourth-order valence-electron chi connectivity index (χ4n) is 3.04. The van der Waals surface area contributed by atoms with Crippen LogP contribution in [-0.4, -0.2) is 31.6 Å². The Balaban J connectivity index is 1.82. The number of esters is 1. The molecule has 1 aliphatic heterocycles. The van der Waals surface area contributed by atoms with E-state index in [0.29, 0.717) is 12.1 Å².